The number of aliphatic hydroxyl groups is 1. The van der Waals surface area contributed by atoms with Crippen LogP contribution in [0.1, 0.15) is 27.9 Å². The van der Waals surface area contributed by atoms with Crippen LogP contribution in [0.25, 0.3) is 0 Å². The van der Waals surface area contributed by atoms with E-state index in [0.29, 0.717) is 12.0 Å². The van der Waals surface area contributed by atoms with Gasteiger partial charge in [0.25, 0.3) is 5.91 Å². The summed E-state index contributed by atoms with van der Waals surface area (Å²) >= 11 is 0. The van der Waals surface area contributed by atoms with E-state index in [9.17, 15) is 9.59 Å². The summed E-state index contributed by atoms with van der Waals surface area (Å²) in [5.74, 6) is 5.17. The molecule has 1 aromatic rings. The summed E-state index contributed by atoms with van der Waals surface area (Å²) in [6, 6.07) is 5.24. The summed E-state index contributed by atoms with van der Waals surface area (Å²) in [6.07, 6.45) is 0.395. The highest BCUT2D eigenvalue weighted by Crippen LogP contribution is 2.12. The molecule has 0 spiro atoms. The molecule has 0 fully saturated rings. The number of likely N-dealkylation sites (N-methyl/N-ethyl adjacent to an activating group) is 1. The number of hydrogen-bond donors (Lipinski definition) is 3. The van der Waals surface area contributed by atoms with Crippen molar-refractivity contribution in [3.05, 3.63) is 34.9 Å². The molecule has 0 bridgehead atoms. The molecule has 1 aromatic carbocycles. The van der Waals surface area contributed by atoms with Gasteiger partial charge in [0.15, 0.2) is 0 Å². The molecule has 0 aliphatic rings. The Morgan fingerprint density at radius 2 is 2.10 bits per heavy atom. The van der Waals surface area contributed by atoms with E-state index in [1.807, 2.05) is 6.07 Å². The van der Waals surface area contributed by atoms with Crippen LogP contribution in [-0.4, -0.2) is 37.1 Å². The Bertz CT molecular complexity index is 556. The number of carbonyl (C=O) groups is 2. The highest BCUT2D eigenvalue weighted by molar-refractivity contribution is 5.98. The normalized spacial score (nSPS) is 9.35. The molecule has 0 radical (unpaired) electrons. The fourth-order valence-corrected chi connectivity index (χ4v) is 1.57. The van der Waals surface area contributed by atoms with Gasteiger partial charge in [0.2, 0.25) is 5.91 Å². The largest absolute Gasteiger partial charge is 0.395 e. The minimum Gasteiger partial charge on any atom is -0.395 e. The first kappa shape index (κ1) is 15.7. The lowest BCUT2D eigenvalue weighted by molar-refractivity contribution is -0.119. The third-order valence-electron chi connectivity index (χ3n) is 2.73. The molecule has 1 rings (SSSR count). The molecule has 0 aliphatic carbocycles. The summed E-state index contributed by atoms with van der Waals surface area (Å²) < 4.78 is 0. The second-order valence-electron chi connectivity index (χ2n) is 4.11. The fourth-order valence-electron chi connectivity index (χ4n) is 1.57. The molecule has 20 heavy (non-hydrogen) atoms. The molecule has 0 saturated heterocycles. The van der Waals surface area contributed by atoms with Gasteiger partial charge in [-0.25, -0.2) is 0 Å². The monoisotopic (exact) mass is 274 g/mol. The molecule has 2 amide bonds. The maximum atomic E-state index is 12.0. The molecule has 0 heterocycles. The molecule has 0 saturated carbocycles. The predicted octanol–water partition coefficient (Wildman–Crippen LogP) is 0.205. The van der Waals surface area contributed by atoms with Gasteiger partial charge in [-0.2, -0.15) is 0 Å². The van der Waals surface area contributed by atoms with Gasteiger partial charge in [0.05, 0.1) is 13.2 Å². The van der Waals surface area contributed by atoms with E-state index >= 15 is 0 Å². The van der Waals surface area contributed by atoms with Crippen LogP contribution in [0.2, 0.25) is 0 Å². The van der Waals surface area contributed by atoms with Crippen molar-refractivity contribution in [2.75, 3.05) is 20.2 Å². The van der Waals surface area contributed by atoms with Crippen LogP contribution < -0.4 is 10.6 Å². The van der Waals surface area contributed by atoms with E-state index < -0.39 is 0 Å². The maximum Gasteiger partial charge on any atom is 0.252 e. The number of benzene rings is 1. The van der Waals surface area contributed by atoms with E-state index in [1.165, 1.54) is 7.05 Å². The van der Waals surface area contributed by atoms with Crippen molar-refractivity contribution in [1.82, 2.24) is 10.6 Å². The zero-order chi connectivity index (χ0) is 15.0. The van der Waals surface area contributed by atoms with Crippen molar-refractivity contribution in [3.63, 3.8) is 0 Å². The average molecular weight is 274 g/mol. The summed E-state index contributed by atoms with van der Waals surface area (Å²) in [4.78, 5) is 23.1. The van der Waals surface area contributed by atoms with Gasteiger partial charge in [-0.05, 0) is 24.6 Å². The summed E-state index contributed by atoms with van der Waals surface area (Å²) in [6.45, 7) is 1.76. The molecule has 0 aromatic heterocycles. The molecule has 3 N–H and O–H groups in total. The second kappa shape index (κ2) is 7.97. The predicted molar refractivity (Wildman–Crippen MR) is 76.2 cm³/mol. The summed E-state index contributed by atoms with van der Waals surface area (Å²) in [7, 11) is 1.51. The minimum absolute atomic E-state index is 0.0123. The Kier molecular flexibility index (Phi) is 6.27. The smallest absolute Gasteiger partial charge is 0.252 e. The Labute approximate surface area is 118 Å². The number of carbonyl (C=O) groups excluding carboxylic acids is 2. The van der Waals surface area contributed by atoms with Gasteiger partial charge in [-0.3, -0.25) is 9.59 Å². The topological polar surface area (TPSA) is 78.4 Å². The van der Waals surface area contributed by atoms with E-state index in [1.54, 1.807) is 19.1 Å². The van der Waals surface area contributed by atoms with Gasteiger partial charge in [-0.15, -0.1) is 0 Å². The first-order chi connectivity index (χ1) is 9.60. The van der Waals surface area contributed by atoms with Crippen LogP contribution in [0.4, 0.5) is 0 Å². The van der Waals surface area contributed by atoms with Crippen LogP contribution in [0.5, 0.6) is 0 Å². The quantitative estimate of drug-likeness (QED) is 0.687. The number of nitrogens with one attached hydrogen (secondary N) is 2. The van der Waals surface area contributed by atoms with Crippen LogP contribution in [0.3, 0.4) is 0 Å². The average Bonchev–Trinajstić information content (AvgIpc) is 2.46. The minimum atomic E-state index is -0.308. The highest BCUT2D eigenvalue weighted by atomic mass is 16.2. The summed E-state index contributed by atoms with van der Waals surface area (Å²) in [5.41, 5.74) is 1.99. The summed E-state index contributed by atoms with van der Waals surface area (Å²) in [5, 5.41) is 13.7. The fraction of sp³-hybridized carbons (Fsp3) is 0.333. The molecular formula is C15H18N2O3. The Balaban J connectivity index is 2.86. The van der Waals surface area contributed by atoms with E-state index in [0.717, 1.165) is 11.1 Å². The molecule has 0 atom stereocenters. The van der Waals surface area contributed by atoms with Crippen LogP contribution in [0, 0.1) is 18.8 Å². The van der Waals surface area contributed by atoms with Gasteiger partial charge < -0.3 is 15.7 Å². The number of amides is 2. The van der Waals surface area contributed by atoms with Crippen LogP contribution in [0.15, 0.2) is 18.2 Å². The zero-order valence-electron chi connectivity index (χ0n) is 11.6. The first-order valence-electron chi connectivity index (χ1n) is 6.28. The molecule has 0 unspecified atom stereocenters. The van der Waals surface area contributed by atoms with Gasteiger partial charge >= 0.3 is 0 Å². The highest BCUT2D eigenvalue weighted by Gasteiger charge is 2.11. The molecule has 5 nitrogen and oxygen atoms in total. The third-order valence-corrected chi connectivity index (χ3v) is 2.73. The Hall–Kier alpha value is -2.32. The van der Waals surface area contributed by atoms with Crippen molar-refractivity contribution >= 4 is 11.8 Å². The number of hydrogen-bond acceptors (Lipinski definition) is 3. The maximum absolute atomic E-state index is 12.0. The molecule has 106 valence electrons. The first-order valence-corrected chi connectivity index (χ1v) is 6.28. The lowest BCUT2D eigenvalue weighted by atomic mass is 10.0. The lowest BCUT2D eigenvalue weighted by Gasteiger charge is -2.08. The van der Waals surface area contributed by atoms with Crippen molar-refractivity contribution < 1.29 is 14.7 Å². The number of rotatable bonds is 4. The van der Waals surface area contributed by atoms with Gasteiger partial charge in [0, 0.05) is 24.6 Å². The van der Waals surface area contributed by atoms with Crippen molar-refractivity contribution in [1.29, 1.82) is 0 Å². The van der Waals surface area contributed by atoms with Crippen molar-refractivity contribution in [3.8, 4) is 11.8 Å². The van der Waals surface area contributed by atoms with Gasteiger partial charge in [-0.1, -0.05) is 17.9 Å². The van der Waals surface area contributed by atoms with Crippen LogP contribution >= 0.6 is 0 Å². The van der Waals surface area contributed by atoms with Crippen LogP contribution in [-0.2, 0) is 4.79 Å². The van der Waals surface area contributed by atoms with E-state index in [-0.39, 0.29) is 25.0 Å². The number of aliphatic hydroxyl groups excluding tert-OH is 1. The standard InChI is InChI=1S/C15H18N2O3/c1-11-12(6-3-4-9-18)7-5-8-13(11)15(20)17-10-14(19)16-2/h5,7-8,18H,4,9-10H2,1-2H3,(H,16,19)(H,17,20). The van der Waals surface area contributed by atoms with Crippen molar-refractivity contribution in [2.45, 2.75) is 13.3 Å². The van der Waals surface area contributed by atoms with E-state index in [4.69, 9.17) is 5.11 Å². The van der Waals surface area contributed by atoms with E-state index in [2.05, 4.69) is 22.5 Å². The third kappa shape index (κ3) is 4.41. The SMILES string of the molecule is CNC(=O)CNC(=O)c1cccc(C#CCCO)c1C. The molecule has 0 aliphatic heterocycles. The van der Waals surface area contributed by atoms with Gasteiger partial charge in [0.1, 0.15) is 0 Å². The second-order valence-corrected chi connectivity index (χ2v) is 4.11. The lowest BCUT2D eigenvalue weighted by Crippen LogP contribution is -2.35. The van der Waals surface area contributed by atoms with Crippen molar-refractivity contribution in [2.24, 2.45) is 0 Å². The molecule has 5 heteroatoms. The Morgan fingerprint density at radius 1 is 1.35 bits per heavy atom. The molecular weight excluding hydrogens is 256 g/mol. The Morgan fingerprint density at radius 3 is 2.75 bits per heavy atom. The zero-order valence-corrected chi connectivity index (χ0v) is 11.6.